The van der Waals surface area contributed by atoms with E-state index in [1.54, 1.807) is 0 Å². The molecule has 122 valence electrons. The molecule has 0 saturated carbocycles. The molecule has 0 aliphatic carbocycles. The summed E-state index contributed by atoms with van der Waals surface area (Å²) in [6.45, 7) is 6.08. The molecule has 2 N–H and O–H groups in total. The summed E-state index contributed by atoms with van der Waals surface area (Å²) in [5.41, 5.74) is 3.04. The Morgan fingerprint density at radius 1 is 1.26 bits per heavy atom. The Labute approximate surface area is 136 Å². The number of aromatic nitrogens is 2. The van der Waals surface area contributed by atoms with Crippen LogP contribution in [0.1, 0.15) is 19.4 Å². The number of furan rings is 1. The smallest absolute Gasteiger partial charge is 0.153 e. The van der Waals surface area contributed by atoms with Crippen LogP contribution in [0.15, 0.2) is 40.9 Å². The van der Waals surface area contributed by atoms with E-state index in [4.69, 9.17) is 4.42 Å². The van der Waals surface area contributed by atoms with Gasteiger partial charge in [0, 0.05) is 29.6 Å². The lowest BCUT2D eigenvalue weighted by molar-refractivity contribution is 0.190. The summed E-state index contributed by atoms with van der Waals surface area (Å²) in [5, 5.41) is 11.9. The monoisotopic (exact) mass is 312 g/mol. The SMILES string of the molecule is CN(C)C(C)(C)CNCc1cn[nH]c1-c1cc2ccccc2o1. The van der Waals surface area contributed by atoms with Crippen LogP contribution in [0.25, 0.3) is 22.4 Å². The van der Waals surface area contributed by atoms with Gasteiger partial charge in [-0.2, -0.15) is 5.10 Å². The van der Waals surface area contributed by atoms with Gasteiger partial charge in [0.1, 0.15) is 11.3 Å². The van der Waals surface area contributed by atoms with Crippen molar-refractivity contribution >= 4 is 11.0 Å². The third-order valence-electron chi connectivity index (χ3n) is 4.47. The number of hydrogen-bond acceptors (Lipinski definition) is 4. The van der Waals surface area contributed by atoms with E-state index in [1.807, 2.05) is 24.4 Å². The Bertz CT molecular complexity index is 752. The predicted octanol–water partition coefficient (Wildman–Crippen LogP) is 3.25. The maximum Gasteiger partial charge on any atom is 0.153 e. The summed E-state index contributed by atoms with van der Waals surface area (Å²) in [4.78, 5) is 2.22. The first-order valence-corrected chi connectivity index (χ1v) is 7.87. The van der Waals surface area contributed by atoms with Crippen molar-refractivity contribution in [2.75, 3.05) is 20.6 Å². The number of nitrogens with zero attached hydrogens (tertiary/aromatic N) is 2. The van der Waals surface area contributed by atoms with Gasteiger partial charge in [-0.15, -0.1) is 0 Å². The minimum absolute atomic E-state index is 0.100. The van der Waals surface area contributed by atoms with Gasteiger partial charge in [0.2, 0.25) is 0 Å². The summed E-state index contributed by atoms with van der Waals surface area (Å²) in [5.74, 6) is 0.826. The fraction of sp³-hybridized carbons (Fsp3) is 0.389. The highest BCUT2D eigenvalue weighted by atomic mass is 16.3. The van der Waals surface area contributed by atoms with Gasteiger partial charge < -0.3 is 14.6 Å². The van der Waals surface area contributed by atoms with Crippen LogP contribution in [0.5, 0.6) is 0 Å². The minimum atomic E-state index is 0.100. The highest BCUT2D eigenvalue weighted by molar-refractivity contribution is 5.82. The predicted molar refractivity (Wildman–Crippen MR) is 93.3 cm³/mol. The first-order valence-electron chi connectivity index (χ1n) is 7.87. The second kappa shape index (κ2) is 6.18. The normalized spacial score (nSPS) is 12.4. The Morgan fingerprint density at radius 3 is 2.78 bits per heavy atom. The number of rotatable bonds is 6. The molecule has 0 amide bonds. The van der Waals surface area contributed by atoms with Gasteiger partial charge in [0.25, 0.3) is 0 Å². The van der Waals surface area contributed by atoms with E-state index in [1.165, 1.54) is 0 Å². The average molecular weight is 312 g/mol. The van der Waals surface area contributed by atoms with Crippen molar-refractivity contribution in [2.45, 2.75) is 25.9 Å². The fourth-order valence-corrected chi connectivity index (χ4v) is 2.42. The van der Waals surface area contributed by atoms with E-state index in [9.17, 15) is 0 Å². The van der Waals surface area contributed by atoms with Crippen LogP contribution in [0.2, 0.25) is 0 Å². The lowest BCUT2D eigenvalue weighted by atomic mass is 10.0. The second-order valence-corrected chi connectivity index (χ2v) is 6.73. The standard InChI is InChI=1S/C18H24N4O/c1-18(2,22(3)4)12-19-10-14-11-20-21-17(14)16-9-13-7-5-6-8-15(13)23-16/h5-9,11,19H,10,12H2,1-4H3,(H,20,21). The number of likely N-dealkylation sites (N-methyl/N-ethyl adjacent to an activating group) is 1. The van der Waals surface area contributed by atoms with Crippen molar-refractivity contribution < 1.29 is 4.42 Å². The van der Waals surface area contributed by atoms with Crippen LogP contribution < -0.4 is 5.32 Å². The van der Waals surface area contributed by atoms with Gasteiger partial charge in [-0.1, -0.05) is 18.2 Å². The Kier molecular flexibility index (Phi) is 4.24. The summed E-state index contributed by atoms with van der Waals surface area (Å²) in [6.07, 6.45) is 1.86. The van der Waals surface area contributed by atoms with E-state index in [2.05, 4.69) is 60.5 Å². The van der Waals surface area contributed by atoms with Crippen LogP contribution in [0.3, 0.4) is 0 Å². The van der Waals surface area contributed by atoms with Crippen LogP contribution in [0, 0.1) is 0 Å². The van der Waals surface area contributed by atoms with E-state index >= 15 is 0 Å². The molecule has 0 fully saturated rings. The molecule has 0 aliphatic rings. The van der Waals surface area contributed by atoms with Crippen LogP contribution in [-0.4, -0.2) is 41.3 Å². The van der Waals surface area contributed by atoms with Gasteiger partial charge in [-0.3, -0.25) is 5.10 Å². The Balaban J connectivity index is 1.75. The molecule has 0 spiro atoms. The first kappa shape index (κ1) is 15.8. The van der Waals surface area contributed by atoms with Crippen LogP contribution >= 0.6 is 0 Å². The van der Waals surface area contributed by atoms with Crippen LogP contribution in [-0.2, 0) is 6.54 Å². The van der Waals surface area contributed by atoms with E-state index < -0.39 is 0 Å². The third-order valence-corrected chi connectivity index (χ3v) is 4.47. The van der Waals surface area contributed by atoms with Gasteiger partial charge in [-0.05, 0) is 40.1 Å². The molecule has 0 bridgehead atoms. The summed E-state index contributed by atoms with van der Waals surface area (Å²) < 4.78 is 5.93. The lowest BCUT2D eigenvalue weighted by Crippen LogP contribution is -2.46. The Hall–Kier alpha value is -2.11. The molecule has 0 aliphatic heterocycles. The number of hydrogen-bond donors (Lipinski definition) is 2. The highest BCUT2D eigenvalue weighted by Crippen LogP contribution is 2.28. The summed E-state index contributed by atoms with van der Waals surface area (Å²) in [6, 6.07) is 10.1. The molecule has 2 aromatic heterocycles. The zero-order chi connectivity index (χ0) is 16.4. The molecule has 0 unspecified atom stereocenters. The molecular formula is C18H24N4O. The van der Waals surface area contributed by atoms with Crippen molar-refractivity contribution in [3.8, 4) is 11.5 Å². The second-order valence-electron chi connectivity index (χ2n) is 6.73. The zero-order valence-electron chi connectivity index (χ0n) is 14.2. The summed E-state index contributed by atoms with van der Waals surface area (Å²) >= 11 is 0. The number of para-hydroxylation sites is 1. The number of aromatic amines is 1. The molecule has 1 aromatic carbocycles. The molecule has 5 nitrogen and oxygen atoms in total. The van der Waals surface area contributed by atoms with Gasteiger partial charge in [-0.25, -0.2) is 0 Å². The quantitative estimate of drug-likeness (QED) is 0.733. The van der Waals surface area contributed by atoms with Crippen molar-refractivity contribution in [3.63, 3.8) is 0 Å². The number of H-pyrrole nitrogens is 1. The zero-order valence-corrected chi connectivity index (χ0v) is 14.2. The van der Waals surface area contributed by atoms with E-state index in [0.717, 1.165) is 41.1 Å². The van der Waals surface area contributed by atoms with Gasteiger partial charge in [0.15, 0.2) is 5.76 Å². The third kappa shape index (κ3) is 3.30. The lowest BCUT2D eigenvalue weighted by Gasteiger charge is -2.32. The fourth-order valence-electron chi connectivity index (χ4n) is 2.42. The number of benzene rings is 1. The minimum Gasteiger partial charge on any atom is -0.454 e. The summed E-state index contributed by atoms with van der Waals surface area (Å²) in [7, 11) is 4.19. The molecule has 3 rings (SSSR count). The number of nitrogens with one attached hydrogen (secondary N) is 2. The molecule has 0 radical (unpaired) electrons. The molecule has 2 heterocycles. The van der Waals surface area contributed by atoms with Gasteiger partial charge >= 0.3 is 0 Å². The van der Waals surface area contributed by atoms with E-state index in [0.29, 0.717) is 0 Å². The van der Waals surface area contributed by atoms with Crippen molar-refractivity contribution in [2.24, 2.45) is 0 Å². The Morgan fingerprint density at radius 2 is 2.04 bits per heavy atom. The van der Waals surface area contributed by atoms with Crippen molar-refractivity contribution in [1.29, 1.82) is 0 Å². The van der Waals surface area contributed by atoms with Gasteiger partial charge in [0.05, 0.1) is 6.20 Å². The molecule has 5 heteroatoms. The van der Waals surface area contributed by atoms with Crippen molar-refractivity contribution in [3.05, 3.63) is 42.1 Å². The highest BCUT2D eigenvalue weighted by Gasteiger charge is 2.20. The largest absolute Gasteiger partial charge is 0.454 e. The maximum atomic E-state index is 5.93. The molecule has 3 aromatic rings. The average Bonchev–Trinajstić information content (AvgIpc) is 3.12. The molecule has 0 saturated heterocycles. The maximum absolute atomic E-state index is 5.93. The van der Waals surface area contributed by atoms with E-state index in [-0.39, 0.29) is 5.54 Å². The molecular weight excluding hydrogens is 288 g/mol. The molecule has 0 atom stereocenters. The molecule has 23 heavy (non-hydrogen) atoms. The number of fused-ring (bicyclic) bond motifs is 1. The van der Waals surface area contributed by atoms with Crippen LogP contribution in [0.4, 0.5) is 0 Å². The first-order chi connectivity index (χ1) is 11.0. The van der Waals surface area contributed by atoms with Crippen molar-refractivity contribution in [1.82, 2.24) is 20.4 Å². The topological polar surface area (TPSA) is 57.1 Å².